The molecule has 110 valence electrons. The Kier molecular flexibility index (Phi) is 3.32. The summed E-state index contributed by atoms with van der Waals surface area (Å²) in [6.45, 7) is 5.65. The molecule has 21 heavy (non-hydrogen) atoms. The van der Waals surface area contributed by atoms with E-state index in [1.807, 2.05) is 30.5 Å². The van der Waals surface area contributed by atoms with Crippen LogP contribution in [-0.2, 0) is 11.3 Å². The van der Waals surface area contributed by atoms with E-state index in [0.717, 1.165) is 29.8 Å². The third-order valence-corrected chi connectivity index (χ3v) is 4.04. The minimum Gasteiger partial charge on any atom is -0.298 e. The van der Waals surface area contributed by atoms with Gasteiger partial charge in [-0.25, -0.2) is 4.79 Å². The van der Waals surface area contributed by atoms with Crippen molar-refractivity contribution < 1.29 is 4.79 Å². The van der Waals surface area contributed by atoms with E-state index in [2.05, 4.69) is 12.1 Å². The lowest BCUT2D eigenvalue weighted by molar-refractivity contribution is -0.117. The summed E-state index contributed by atoms with van der Waals surface area (Å²) in [4.78, 5) is 24.1. The second-order valence-electron chi connectivity index (χ2n) is 5.97. The third-order valence-electron chi connectivity index (χ3n) is 4.04. The van der Waals surface area contributed by atoms with Crippen LogP contribution in [0, 0.1) is 13.8 Å². The van der Waals surface area contributed by atoms with Gasteiger partial charge < -0.3 is 0 Å². The van der Waals surface area contributed by atoms with Crippen molar-refractivity contribution in [3.8, 4) is 11.3 Å². The highest BCUT2D eigenvalue weighted by molar-refractivity contribution is 5.75. The van der Waals surface area contributed by atoms with Crippen molar-refractivity contribution in [3.63, 3.8) is 0 Å². The van der Waals surface area contributed by atoms with Crippen LogP contribution in [0.15, 0.2) is 29.1 Å². The Hall–Kier alpha value is -2.10. The summed E-state index contributed by atoms with van der Waals surface area (Å²) in [7, 11) is 0. The van der Waals surface area contributed by atoms with Gasteiger partial charge in [0.15, 0.2) is 0 Å². The number of carbonyl (C=O) groups excluding carboxylic acids is 1. The second-order valence-corrected chi connectivity index (χ2v) is 5.97. The molecule has 0 unspecified atom stereocenters. The monoisotopic (exact) mass is 284 g/mol. The fourth-order valence-corrected chi connectivity index (χ4v) is 2.81. The zero-order valence-corrected chi connectivity index (χ0v) is 12.7. The highest BCUT2D eigenvalue weighted by Gasteiger charge is 2.31. The summed E-state index contributed by atoms with van der Waals surface area (Å²) in [5, 5.41) is 0. The van der Waals surface area contributed by atoms with Crippen molar-refractivity contribution in [2.24, 2.45) is 0 Å². The molecule has 4 heteroatoms. The molecule has 0 aliphatic heterocycles. The molecular formula is C17H20N2O2. The van der Waals surface area contributed by atoms with E-state index in [4.69, 9.17) is 0 Å². The van der Waals surface area contributed by atoms with Crippen LogP contribution in [0.1, 0.15) is 37.1 Å². The smallest absolute Gasteiger partial charge is 0.298 e. The summed E-state index contributed by atoms with van der Waals surface area (Å²) < 4.78 is 3.48. The second kappa shape index (κ2) is 5.02. The molecule has 2 aromatic rings. The molecule has 0 bridgehead atoms. The van der Waals surface area contributed by atoms with Gasteiger partial charge in [0.1, 0.15) is 5.78 Å². The van der Waals surface area contributed by atoms with E-state index in [1.54, 1.807) is 4.57 Å². The van der Waals surface area contributed by atoms with Crippen LogP contribution in [0.25, 0.3) is 11.3 Å². The predicted octanol–water partition coefficient (Wildman–Crippen LogP) is 2.86. The maximum Gasteiger partial charge on any atom is 0.329 e. The third kappa shape index (κ3) is 2.46. The quantitative estimate of drug-likeness (QED) is 0.866. The molecule has 0 N–H and O–H groups in total. The summed E-state index contributed by atoms with van der Waals surface area (Å²) in [6, 6.07) is 8.50. The van der Waals surface area contributed by atoms with Crippen LogP contribution in [0.4, 0.5) is 0 Å². The van der Waals surface area contributed by atoms with Gasteiger partial charge in [-0.05, 0) is 33.6 Å². The molecule has 1 fully saturated rings. The minimum absolute atomic E-state index is 0.00334. The number of carbonyl (C=O) groups is 1. The first-order valence-electron chi connectivity index (χ1n) is 7.37. The lowest BCUT2D eigenvalue weighted by Gasteiger charge is -2.07. The number of aryl methyl sites for hydroxylation is 1. The largest absolute Gasteiger partial charge is 0.329 e. The highest BCUT2D eigenvalue weighted by atomic mass is 16.2. The van der Waals surface area contributed by atoms with Crippen molar-refractivity contribution in [1.29, 1.82) is 0 Å². The van der Waals surface area contributed by atoms with Gasteiger partial charge in [0.2, 0.25) is 0 Å². The summed E-state index contributed by atoms with van der Waals surface area (Å²) in [5.41, 5.74) is 4.03. The normalized spacial score (nSPS) is 14.4. The Morgan fingerprint density at radius 3 is 2.33 bits per heavy atom. The van der Waals surface area contributed by atoms with Crippen molar-refractivity contribution in [2.75, 3.05) is 0 Å². The van der Waals surface area contributed by atoms with Gasteiger partial charge in [-0.1, -0.05) is 29.8 Å². The van der Waals surface area contributed by atoms with Gasteiger partial charge in [-0.2, -0.15) is 0 Å². The molecule has 1 aliphatic rings. The fraction of sp³-hybridized carbons (Fsp3) is 0.412. The number of aromatic nitrogens is 2. The van der Waals surface area contributed by atoms with Gasteiger partial charge in [0.25, 0.3) is 0 Å². The molecule has 0 atom stereocenters. The molecule has 0 spiro atoms. The first-order valence-corrected chi connectivity index (χ1v) is 7.37. The fourth-order valence-electron chi connectivity index (χ4n) is 2.81. The molecule has 0 amide bonds. The van der Waals surface area contributed by atoms with Gasteiger partial charge in [0, 0.05) is 17.3 Å². The molecule has 0 saturated heterocycles. The summed E-state index contributed by atoms with van der Waals surface area (Å²) >= 11 is 0. The number of ketones is 1. The van der Waals surface area contributed by atoms with E-state index < -0.39 is 0 Å². The first-order chi connectivity index (χ1) is 9.99. The molecule has 1 saturated carbocycles. The lowest BCUT2D eigenvalue weighted by Crippen LogP contribution is -2.26. The van der Waals surface area contributed by atoms with Crippen molar-refractivity contribution in [1.82, 2.24) is 9.13 Å². The molecule has 1 heterocycles. The van der Waals surface area contributed by atoms with Crippen molar-refractivity contribution in [3.05, 3.63) is 46.0 Å². The van der Waals surface area contributed by atoms with E-state index in [1.165, 1.54) is 12.5 Å². The zero-order valence-electron chi connectivity index (χ0n) is 12.7. The van der Waals surface area contributed by atoms with Gasteiger partial charge in [-0.15, -0.1) is 0 Å². The van der Waals surface area contributed by atoms with Crippen LogP contribution in [0.5, 0.6) is 0 Å². The number of Topliss-reactive ketones (excluding diaryl/α,β-unsaturated/α-hetero) is 1. The molecule has 3 rings (SSSR count). The number of benzene rings is 1. The Balaban J connectivity index is 2.20. The molecular weight excluding hydrogens is 264 g/mol. The van der Waals surface area contributed by atoms with Crippen LogP contribution in [0.2, 0.25) is 0 Å². The molecule has 4 nitrogen and oxygen atoms in total. The molecule has 0 radical (unpaired) electrons. The molecule has 1 aliphatic carbocycles. The average molecular weight is 284 g/mol. The molecule has 1 aromatic heterocycles. The van der Waals surface area contributed by atoms with E-state index >= 15 is 0 Å². The minimum atomic E-state index is -0.0548. The number of rotatable bonds is 4. The number of nitrogens with zero attached hydrogens (tertiary/aromatic N) is 2. The maximum atomic E-state index is 12.6. The topological polar surface area (TPSA) is 44.0 Å². The number of hydrogen-bond donors (Lipinski definition) is 0. The van der Waals surface area contributed by atoms with Crippen LogP contribution < -0.4 is 5.69 Å². The Labute approximate surface area is 124 Å². The number of imidazole rings is 1. The lowest BCUT2D eigenvalue weighted by atomic mass is 10.1. The summed E-state index contributed by atoms with van der Waals surface area (Å²) in [6.07, 6.45) is 2.09. The Morgan fingerprint density at radius 2 is 1.81 bits per heavy atom. The van der Waals surface area contributed by atoms with Crippen molar-refractivity contribution >= 4 is 5.78 Å². The SMILES string of the molecule is CC(=O)Cn1c(C)c(-c2ccc(C)cc2)n(C2CC2)c1=O. The Bertz CT molecular complexity index is 746. The Morgan fingerprint density at radius 1 is 1.19 bits per heavy atom. The van der Waals surface area contributed by atoms with Crippen LogP contribution in [-0.4, -0.2) is 14.9 Å². The van der Waals surface area contributed by atoms with Gasteiger partial charge in [0.05, 0.1) is 12.2 Å². The van der Waals surface area contributed by atoms with Crippen molar-refractivity contribution in [2.45, 2.75) is 46.2 Å². The molecule has 1 aromatic carbocycles. The van der Waals surface area contributed by atoms with Crippen LogP contribution >= 0.6 is 0 Å². The number of hydrogen-bond acceptors (Lipinski definition) is 2. The first kappa shape index (κ1) is 13.9. The van der Waals surface area contributed by atoms with E-state index in [-0.39, 0.29) is 18.0 Å². The predicted molar refractivity (Wildman–Crippen MR) is 82.6 cm³/mol. The van der Waals surface area contributed by atoms with Gasteiger partial charge >= 0.3 is 5.69 Å². The maximum absolute atomic E-state index is 12.6. The van der Waals surface area contributed by atoms with E-state index in [0.29, 0.717) is 6.04 Å². The average Bonchev–Trinajstić information content (AvgIpc) is 3.23. The highest BCUT2D eigenvalue weighted by Crippen LogP contribution is 2.38. The zero-order chi connectivity index (χ0) is 15.1. The summed E-state index contributed by atoms with van der Waals surface area (Å²) in [5.74, 6) is 0.00334. The standard InChI is InChI=1S/C17H20N2O2/c1-11-4-6-14(7-5-11)16-13(3)18(10-12(2)20)17(21)19(16)15-8-9-15/h4-7,15H,8-10H2,1-3H3. The van der Waals surface area contributed by atoms with Gasteiger partial charge in [-0.3, -0.25) is 13.9 Å². The van der Waals surface area contributed by atoms with Crippen LogP contribution in [0.3, 0.4) is 0 Å². The van der Waals surface area contributed by atoms with E-state index in [9.17, 15) is 9.59 Å².